The van der Waals surface area contributed by atoms with Crippen molar-refractivity contribution in [3.8, 4) is 0 Å². The van der Waals surface area contributed by atoms with Crippen LogP contribution in [-0.2, 0) is 9.84 Å². The Bertz CT molecular complexity index is 567. The van der Waals surface area contributed by atoms with Crippen LogP contribution >= 0.6 is 0 Å². The highest BCUT2D eigenvalue weighted by Crippen LogP contribution is 2.35. The number of nitrogens with one attached hydrogen (secondary N) is 1. The molecule has 1 saturated heterocycles. The van der Waals surface area contributed by atoms with Crippen molar-refractivity contribution in [2.45, 2.75) is 82.0 Å². The molecule has 2 rings (SSSR count). The highest BCUT2D eigenvalue weighted by Gasteiger charge is 2.39. The number of hydrogen-bond acceptors (Lipinski definition) is 4. The van der Waals surface area contributed by atoms with E-state index in [2.05, 4.69) is 10.2 Å². The fourth-order valence-electron chi connectivity index (χ4n) is 4.41. The standard InChI is InChI=1S/C19H37N3O3S/c1-16(17(2)26(4,24)25)21(3)18(23)20-15-19(11-7-5-8-12-19)22-13-9-6-10-14-22/h16-17H,5-15H2,1-4H3,(H,20,23). The molecule has 0 radical (unpaired) electrons. The lowest BCUT2D eigenvalue weighted by molar-refractivity contribution is 0.0343. The summed E-state index contributed by atoms with van der Waals surface area (Å²) in [5.41, 5.74) is 0.0842. The lowest BCUT2D eigenvalue weighted by Gasteiger charge is -2.48. The number of sulfone groups is 1. The van der Waals surface area contributed by atoms with Crippen molar-refractivity contribution in [2.24, 2.45) is 0 Å². The van der Waals surface area contributed by atoms with Gasteiger partial charge in [0.2, 0.25) is 0 Å². The number of urea groups is 1. The summed E-state index contributed by atoms with van der Waals surface area (Å²) in [6.45, 7) is 6.39. The predicted octanol–water partition coefficient (Wildman–Crippen LogP) is 2.64. The summed E-state index contributed by atoms with van der Waals surface area (Å²) in [5, 5.41) is 2.55. The average molecular weight is 388 g/mol. The third kappa shape index (κ3) is 5.12. The monoisotopic (exact) mass is 387 g/mol. The third-order valence-electron chi connectivity index (χ3n) is 6.67. The van der Waals surface area contributed by atoms with E-state index in [-0.39, 0.29) is 17.6 Å². The fourth-order valence-corrected chi connectivity index (χ4v) is 5.30. The molecule has 0 aromatic carbocycles. The Hall–Kier alpha value is -0.820. The molecule has 7 heteroatoms. The molecule has 1 aliphatic carbocycles. The minimum atomic E-state index is -3.18. The predicted molar refractivity (Wildman–Crippen MR) is 106 cm³/mol. The first-order valence-electron chi connectivity index (χ1n) is 10.1. The molecule has 0 spiro atoms. The number of amides is 2. The number of rotatable bonds is 6. The van der Waals surface area contributed by atoms with Gasteiger partial charge < -0.3 is 10.2 Å². The van der Waals surface area contributed by atoms with Gasteiger partial charge in [-0.05, 0) is 52.6 Å². The molecule has 6 nitrogen and oxygen atoms in total. The zero-order valence-corrected chi connectivity index (χ0v) is 17.8. The average Bonchev–Trinajstić information content (AvgIpc) is 2.65. The Morgan fingerprint density at radius 2 is 1.62 bits per heavy atom. The quantitative estimate of drug-likeness (QED) is 0.761. The van der Waals surface area contributed by atoms with Gasteiger partial charge in [0.25, 0.3) is 0 Å². The number of carbonyl (C=O) groups excluding carboxylic acids is 1. The summed E-state index contributed by atoms with van der Waals surface area (Å²) in [7, 11) is -1.48. The van der Waals surface area contributed by atoms with Gasteiger partial charge in [0.15, 0.2) is 9.84 Å². The number of likely N-dealkylation sites (tertiary alicyclic amines) is 1. The normalized spacial score (nSPS) is 23.8. The molecule has 0 aromatic rings. The van der Waals surface area contributed by atoms with Gasteiger partial charge in [-0.25, -0.2) is 13.2 Å². The second-order valence-electron chi connectivity index (χ2n) is 8.38. The Kier molecular flexibility index (Phi) is 7.36. The zero-order chi connectivity index (χ0) is 19.4. The van der Waals surface area contributed by atoms with E-state index in [1.807, 2.05) is 0 Å². The van der Waals surface area contributed by atoms with Crippen molar-refractivity contribution in [1.82, 2.24) is 15.1 Å². The maximum Gasteiger partial charge on any atom is 0.317 e. The van der Waals surface area contributed by atoms with E-state index in [1.54, 1.807) is 25.8 Å². The van der Waals surface area contributed by atoms with Crippen molar-refractivity contribution >= 4 is 15.9 Å². The molecule has 2 atom stereocenters. The molecule has 1 saturated carbocycles. The van der Waals surface area contributed by atoms with Crippen molar-refractivity contribution in [3.63, 3.8) is 0 Å². The molecule has 2 fully saturated rings. The summed E-state index contributed by atoms with van der Waals surface area (Å²) in [6, 6.07) is -0.530. The Morgan fingerprint density at radius 3 is 2.15 bits per heavy atom. The van der Waals surface area contributed by atoms with E-state index < -0.39 is 15.1 Å². The molecular weight excluding hydrogens is 350 g/mol. The van der Waals surface area contributed by atoms with Crippen LogP contribution in [0.1, 0.15) is 65.2 Å². The Labute approximate surface area is 159 Å². The second-order valence-corrected chi connectivity index (χ2v) is 10.8. The lowest BCUT2D eigenvalue weighted by Crippen LogP contribution is -2.59. The number of hydrogen-bond donors (Lipinski definition) is 1. The summed E-state index contributed by atoms with van der Waals surface area (Å²) >= 11 is 0. The van der Waals surface area contributed by atoms with Gasteiger partial charge in [-0.15, -0.1) is 0 Å². The van der Waals surface area contributed by atoms with Crippen LogP contribution < -0.4 is 5.32 Å². The van der Waals surface area contributed by atoms with Crippen LogP contribution in [0.25, 0.3) is 0 Å². The van der Waals surface area contributed by atoms with Crippen LogP contribution in [0, 0.1) is 0 Å². The number of carbonyl (C=O) groups is 1. The topological polar surface area (TPSA) is 69.7 Å². The molecular formula is C19H37N3O3S. The highest BCUT2D eigenvalue weighted by molar-refractivity contribution is 7.91. The molecule has 1 N–H and O–H groups in total. The molecule has 2 unspecified atom stereocenters. The summed E-state index contributed by atoms with van der Waals surface area (Å²) in [5.74, 6) is 0. The molecule has 2 amide bonds. The fraction of sp³-hybridized carbons (Fsp3) is 0.947. The van der Waals surface area contributed by atoms with Crippen LogP contribution in [-0.4, -0.2) is 74.0 Å². The van der Waals surface area contributed by atoms with Crippen LogP contribution in [0.3, 0.4) is 0 Å². The van der Waals surface area contributed by atoms with E-state index >= 15 is 0 Å². The van der Waals surface area contributed by atoms with Crippen LogP contribution in [0.4, 0.5) is 4.79 Å². The summed E-state index contributed by atoms with van der Waals surface area (Å²) in [6.07, 6.45) is 11.1. The Morgan fingerprint density at radius 1 is 1.08 bits per heavy atom. The van der Waals surface area contributed by atoms with Crippen LogP contribution in [0.2, 0.25) is 0 Å². The van der Waals surface area contributed by atoms with Gasteiger partial charge in [-0.3, -0.25) is 4.90 Å². The largest absolute Gasteiger partial charge is 0.336 e. The SMILES string of the molecule is CC(C(C)S(C)(=O)=O)N(C)C(=O)NCC1(N2CCCCC2)CCCCC1. The molecule has 1 heterocycles. The van der Waals surface area contributed by atoms with Crippen LogP contribution in [0.15, 0.2) is 0 Å². The molecule has 0 aromatic heterocycles. The van der Waals surface area contributed by atoms with Gasteiger partial charge in [0.1, 0.15) is 0 Å². The van der Waals surface area contributed by atoms with E-state index in [0.717, 1.165) is 25.9 Å². The van der Waals surface area contributed by atoms with Crippen molar-refractivity contribution < 1.29 is 13.2 Å². The minimum absolute atomic E-state index is 0.0842. The van der Waals surface area contributed by atoms with E-state index in [1.165, 1.54) is 44.8 Å². The van der Waals surface area contributed by atoms with Gasteiger partial charge in [0.05, 0.1) is 5.25 Å². The Balaban J connectivity index is 2.00. The summed E-state index contributed by atoms with van der Waals surface area (Å²) < 4.78 is 23.6. The first-order valence-corrected chi connectivity index (χ1v) is 12.1. The van der Waals surface area contributed by atoms with Crippen molar-refractivity contribution in [1.29, 1.82) is 0 Å². The highest BCUT2D eigenvalue weighted by atomic mass is 32.2. The smallest absolute Gasteiger partial charge is 0.317 e. The summed E-state index contributed by atoms with van der Waals surface area (Å²) in [4.78, 5) is 16.8. The van der Waals surface area contributed by atoms with Gasteiger partial charge in [-0.1, -0.05) is 25.7 Å². The molecule has 152 valence electrons. The number of piperidine rings is 1. The first kappa shape index (κ1) is 21.5. The third-order valence-corrected chi connectivity index (χ3v) is 8.41. The maximum absolute atomic E-state index is 12.7. The van der Waals surface area contributed by atoms with Gasteiger partial charge >= 0.3 is 6.03 Å². The zero-order valence-electron chi connectivity index (χ0n) is 17.0. The van der Waals surface area contributed by atoms with E-state index in [0.29, 0.717) is 6.54 Å². The second kappa shape index (κ2) is 8.91. The van der Waals surface area contributed by atoms with Crippen molar-refractivity contribution in [3.05, 3.63) is 0 Å². The number of nitrogens with zero attached hydrogens (tertiary/aromatic N) is 2. The van der Waals surface area contributed by atoms with Gasteiger partial charge in [0, 0.05) is 31.4 Å². The molecule has 0 bridgehead atoms. The van der Waals surface area contributed by atoms with E-state index in [4.69, 9.17) is 0 Å². The van der Waals surface area contributed by atoms with Gasteiger partial charge in [-0.2, -0.15) is 0 Å². The maximum atomic E-state index is 12.7. The molecule has 2 aliphatic rings. The van der Waals surface area contributed by atoms with E-state index in [9.17, 15) is 13.2 Å². The minimum Gasteiger partial charge on any atom is -0.336 e. The van der Waals surface area contributed by atoms with Crippen LogP contribution in [0.5, 0.6) is 0 Å². The van der Waals surface area contributed by atoms with Crippen molar-refractivity contribution in [2.75, 3.05) is 32.9 Å². The lowest BCUT2D eigenvalue weighted by atomic mass is 9.79. The molecule has 26 heavy (non-hydrogen) atoms. The molecule has 1 aliphatic heterocycles. The first-order chi connectivity index (χ1) is 12.2.